The first-order valence-corrected chi connectivity index (χ1v) is 7.94. The third-order valence-corrected chi connectivity index (χ3v) is 3.87. The Morgan fingerprint density at radius 2 is 2.00 bits per heavy atom. The molecule has 0 saturated carbocycles. The Bertz CT molecular complexity index is 527. The SMILES string of the molecule is CCN1CCN(CCOc2ccccc2C=NNC(N)=O)CC1. The maximum Gasteiger partial charge on any atom is 0.332 e. The van der Waals surface area contributed by atoms with E-state index in [1.54, 1.807) is 0 Å². The fraction of sp³-hybridized carbons (Fsp3) is 0.500. The van der Waals surface area contributed by atoms with Crippen LogP contribution in [0.3, 0.4) is 0 Å². The van der Waals surface area contributed by atoms with Crippen molar-refractivity contribution in [3.8, 4) is 5.75 Å². The zero-order chi connectivity index (χ0) is 16.5. The number of benzene rings is 1. The van der Waals surface area contributed by atoms with E-state index in [1.165, 1.54) is 6.21 Å². The first kappa shape index (κ1) is 17.2. The highest BCUT2D eigenvalue weighted by molar-refractivity contribution is 5.84. The van der Waals surface area contributed by atoms with Gasteiger partial charge in [-0.1, -0.05) is 19.1 Å². The first-order chi connectivity index (χ1) is 11.2. The van der Waals surface area contributed by atoms with Crippen molar-refractivity contribution in [1.29, 1.82) is 0 Å². The van der Waals surface area contributed by atoms with Crippen molar-refractivity contribution >= 4 is 12.2 Å². The maximum absolute atomic E-state index is 10.6. The van der Waals surface area contributed by atoms with Crippen molar-refractivity contribution in [3.63, 3.8) is 0 Å². The number of rotatable bonds is 7. The van der Waals surface area contributed by atoms with E-state index < -0.39 is 6.03 Å². The van der Waals surface area contributed by atoms with Crippen LogP contribution in [0, 0.1) is 0 Å². The monoisotopic (exact) mass is 319 g/mol. The van der Waals surface area contributed by atoms with E-state index in [1.807, 2.05) is 24.3 Å². The van der Waals surface area contributed by atoms with E-state index in [9.17, 15) is 4.79 Å². The van der Waals surface area contributed by atoms with Crippen molar-refractivity contribution < 1.29 is 9.53 Å². The molecule has 1 saturated heterocycles. The number of nitrogens with zero attached hydrogens (tertiary/aromatic N) is 3. The van der Waals surface area contributed by atoms with Crippen LogP contribution >= 0.6 is 0 Å². The zero-order valence-corrected chi connectivity index (χ0v) is 13.6. The lowest BCUT2D eigenvalue weighted by Crippen LogP contribution is -2.47. The van der Waals surface area contributed by atoms with Gasteiger partial charge in [-0.3, -0.25) is 4.90 Å². The Labute approximate surface area is 137 Å². The highest BCUT2D eigenvalue weighted by Crippen LogP contribution is 2.15. The summed E-state index contributed by atoms with van der Waals surface area (Å²) in [5.74, 6) is 0.745. The molecule has 0 aromatic heterocycles. The topological polar surface area (TPSA) is 83.2 Å². The molecule has 23 heavy (non-hydrogen) atoms. The Morgan fingerprint density at radius 3 is 2.70 bits per heavy atom. The average Bonchev–Trinajstić information content (AvgIpc) is 2.56. The van der Waals surface area contributed by atoms with Gasteiger partial charge in [0.15, 0.2) is 0 Å². The fourth-order valence-corrected chi connectivity index (χ4v) is 2.50. The van der Waals surface area contributed by atoms with Gasteiger partial charge in [0.2, 0.25) is 0 Å². The van der Waals surface area contributed by atoms with E-state index >= 15 is 0 Å². The van der Waals surface area contributed by atoms with Crippen molar-refractivity contribution in [2.24, 2.45) is 10.8 Å². The van der Waals surface area contributed by atoms with Gasteiger partial charge in [-0.25, -0.2) is 10.2 Å². The van der Waals surface area contributed by atoms with E-state index in [0.29, 0.717) is 6.61 Å². The highest BCUT2D eigenvalue weighted by atomic mass is 16.5. The molecule has 1 aliphatic heterocycles. The second-order valence-corrected chi connectivity index (χ2v) is 5.40. The minimum atomic E-state index is -0.689. The molecule has 7 heteroatoms. The molecule has 0 bridgehead atoms. The summed E-state index contributed by atoms with van der Waals surface area (Å²) >= 11 is 0. The van der Waals surface area contributed by atoms with Gasteiger partial charge in [0.25, 0.3) is 0 Å². The number of carbonyl (C=O) groups excluding carboxylic acids is 1. The van der Waals surface area contributed by atoms with Crippen molar-refractivity contribution in [1.82, 2.24) is 15.2 Å². The number of amides is 2. The van der Waals surface area contributed by atoms with Crippen molar-refractivity contribution in [2.45, 2.75) is 6.92 Å². The van der Waals surface area contributed by atoms with Crippen LogP contribution in [-0.4, -0.2) is 67.9 Å². The molecule has 0 radical (unpaired) electrons. The first-order valence-electron chi connectivity index (χ1n) is 7.94. The molecule has 2 rings (SSSR count). The summed E-state index contributed by atoms with van der Waals surface area (Å²) in [6.07, 6.45) is 1.53. The fourth-order valence-electron chi connectivity index (χ4n) is 2.50. The number of primary amides is 1. The summed E-state index contributed by atoms with van der Waals surface area (Å²) in [6.45, 7) is 9.27. The molecule has 0 spiro atoms. The number of ether oxygens (including phenoxy) is 1. The van der Waals surface area contributed by atoms with Crippen LogP contribution in [0.4, 0.5) is 4.79 Å². The summed E-state index contributed by atoms with van der Waals surface area (Å²) in [4.78, 5) is 15.5. The van der Waals surface area contributed by atoms with Crippen LogP contribution in [0.15, 0.2) is 29.4 Å². The van der Waals surface area contributed by atoms with Gasteiger partial charge in [-0.15, -0.1) is 0 Å². The lowest BCUT2D eigenvalue weighted by molar-refractivity contribution is 0.121. The van der Waals surface area contributed by atoms with Crippen LogP contribution in [0.1, 0.15) is 12.5 Å². The summed E-state index contributed by atoms with van der Waals surface area (Å²) < 4.78 is 5.86. The Balaban J connectivity index is 1.79. The van der Waals surface area contributed by atoms with Crippen molar-refractivity contribution in [2.75, 3.05) is 45.9 Å². The van der Waals surface area contributed by atoms with Crippen LogP contribution in [0.5, 0.6) is 5.75 Å². The largest absolute Gasteiger partial charge is 0.492 e. The number of hydrazone groups is 1. The number of nitrogens with two attached hydrogens (primary N) is 1. The molecule has 2 amide bonds. The molecule has 7 nitrogen and oxygen atoms in total. The number of urea groups is 1. The van der Waals surface area contributed by atoms with Gasteiger partial charge in [0.1, 0.15) is 12.4 Å². The molecule has 0 atom stereocenters. The standard InChI is InChI=1S/C16H25N5O2/c1-2-20-7-9-21(10-8-20)11-12-23-15-6-4-3-5-14(15)13-18-19-16(17)22/h3-6,13H,2,7-12H2,1H3,(H3,17,19,22). The molecule has 1 aliphatic rings. The van der Waals surface area contributed by atoms with Crippen LogP contribution in [0.2, 0.25) is 0 Å². The van der Waals surface area contributed by atoms with Crippen molar-refractivity contribution in [3.05, 3.63) is 29.8 Å². The normalized spacial score (nSPS) is 16.6. The number of carbonyl (C=O) groups is 1. The predicted octanol–water partition coefficient (Wildman–Crippen LogP) is 0.705. The minimum absolute atomic E-state index is 0.625. The molecule has 1 heterocycles. The highest BCUT2D eigenvalue weighted by Gasteiger charge is 2.15. The molecule has 0 unspecified atom stereocenters. The summed E-state index contributed by atoms with van der Waals surface area (Å²) in [6, 6.07) is 6.88. The minimum Gasteiger partial charge on any atom is -0.492 e. The van der Waals surface area contributed by atoms with Gasteiger partial charge >= 0.3 is 6.03 Å². The molecule has 0 aliphatic carbocycles. The Morgan fingerprint density at radius 1 is 1.30 bits per heavy atom. The summed E-state index contributed by atoms with van der Waals surface area (Å²) in [5.41, 5.74) is 7.95. The summed E-state index contributed by atoms with van der Waals surface area (Å²) in [7, 11) is 0. The third kappa shape index (κ3) is 5.88. The second kappa shape index (κ2) is 9.12. The molecule has 1 aromatic rings. The number of likely N-dealkylation sites (N-methyl/N-ethyl adjacent to an activating group) is 1. The number of hydrogen-bond donors (Lipinski definition) is 2. The molecule has 1 aromatic carbocycles. The van der Waals surface area contributed by atoms with Gasteiger partial charge in [0.05, 0.1) is 6.21 Å². The van der Waals surface area contributed by atoms with Crippen LogP contribution in [0.25, 0.3) is 0 Å². The van der Waals surface area contributed by atoms with E-state index in [4.69, 9.17) is 10.5 Å². The number of nitrogens with one attached hydrogen (secondary N) is 1. The molecular formula is C16H25N5O2. The van der Waals surface area contributed by atoms with Gasteiger partial charge in [-0.05, 0) is 18.7 Å². The van der Waals surface area contributed by atoms with E-state index in [2.05, 4.69) is 27.3 Å². The molecule has 3 N–H and O–H groups in total. The van der Waals surface area contributed by atoms with Gasteiger partial charge in [-0.2, -0.15) is 5.10 Å². The Kier molecular flexibility index (Phi) is 6.83. The maximum atomic E-state index is 10.6. The van der Waals surface area contributed by atoms with E-state index in [0.717, 1.165) is 50.6 Å². The molecular weight excluding hydrogens is 294 g/mol. The average molecular weight is 319 g/mol. The van der Waals surface area contributed by atoms with Gasteiger partial charge < -0.3 is 15.4 Å². The lowest BCUT2D eigenvalue weighted by atomic mass is 10.2. The third-order valence-electron chi connectivity index (χ3n) is 3.87. The van der Waals surface area contributed by atoms with Gasteiger partial charge in [0, 0.05) is 38.3 Å². The number of hydrogen-bond acceptors (Lipinski definition) is 5. The zero-order valence-electron chi connectivity index (χ0n) is 13.6. The smallest absolute Gasteiger partial charge is 0.332 e. The lowest BCUT2D eigenvalue weighted by Gasteiger charge is -2.33. The Hall–Kier alpha value is -2.12. The predicted molar refractivity (Wildman–Crippen MR) is 90.8 cm³/mol. The van der Waals surface area contributed by atoms with Crippen LogP contribution < -0.4 is 15.9 Å². The van der Waals surface area contributed by atoms with Crippen LogP contribution in [-0.2, 0) is 0 Å². The quantitative estimate of drug-likeness (QED) is 0.572. The molecule has 1 fully saturated rings. The van der Waals surface area contributed by atoms with E-state index in [-0.39, 0.29) is 0 Å². The number of piperazine rings is 1. The molecule has 126 valence electrons. The number of para-hydroxylation sites is 1. The second-order valence-electron chi connectivity index (χ2n) is 5.40. The summed E-state index contributed by atoms with van der Waals surface area (Å²) in [5, 5.41) is 3.77.